The van der Waals surface area contributed by atoms with Gasteiger partial charge in [-0.05, 0) is 24.6 Å². The van der Waals surface area contributed by atoms with Crippen LogP contribution in [0.25, 0.3) is 0 Å². The van der Waals surface area contributed by atoms with Gasteiger partial charge in [-0.2, -0.15) is 0 Å². The SMILES string of the molecule is O=C(NCC(O)CN1CCCC1=O)Nc1cccc(F)c1. The Morgan fingerprint density at radius 3 is 2.95 bits per heavy atom. The van der Waals surface area contributed by atoms with Gasteiger partial charge in [-0.3, -0.25) is 4.79 Å². The first kappa shape index (κ1) is 15.2. The molecular formula is C14H18FN3O3. The Bertz CT molecular complexity index is 524. The molecule has 0 spiro atoms. The number of amides is 3. The van der Waals surface area contributed by atoms with E-state index in [0.717, 1.165) is 6.42 Å². The molecule has 1 unspecified atom stereocenters. The van der Waals surface area contributed by atoms with Crippen LogP contribution in [0, 0.1) is 5.82 Å². The summed E-state index contributed by atoms with van der Waals surface area (Å²) in [6.45, 7) is 0.870. The van der Waals surface area contributed by atoms with Crippen molar-refractivity contribution >= 4 is 17.6 Å². The van der Waals surface area contributed by atoms with Gasteiger partial charge in [0.2, 0.25) is 5.91 Å². The first-order valence-electron chi connectivity index (χ1n) is 6.81. The second kappa shape index (κ2) is 7.03. The molecule has 1 aromatic rings. The van der Waals surface area contributed by atoms with Crippen molar-refractivity contribution in [1.29, 1.82) is 0 Å². The van der Waals surface area contributed by atoms with Crippen LogP contribution in [0.5, 0.6) is 0 Å². The van der Waals surface area contributed by atoms with Crippen LogP contribution < -0.4 is 10.6 Å². The number of nitrogens with one attached hydrogen (secondary N) is 2. The standard InChI is InChI=1S/C14H18FN3O3/c15-10-3-1-4-11(7-10)17-14(21)16-8-12(19)9-18-6-2-5-13(18)20/h1,3-4,7,12,19H,2,5-6,8-9H2,(H2,16,17,21). The van der Waals surface area contributed by atoms with Crippen molar-refractivity contribution < 1.29 is 19.1 Å². The summed E-state index contributed by atoms with van der Waals surface area (Å²) in [4.78, 5) is 24.6. The van der Waals surface area contributed by atoms with Gasteiger partial charge < -0.3 is 20.6 Å². The molecule has 114 valence electrons. The number of benzene rings is 1. The molecule has 0 saturated carbocycles. The number of rotatable bonds is 5. The lowest BCUT2D eigenvalue weighted by Gasteiger charge is -2.20. The Kier molecular flexibility index (Phi) is 5.10. The van der Waals surface area contributed by atoms with Gasteiger partial charge in [-0.1, -0.05) is 6.07 Å². The third-order valence-corrected chi connectivity index (χ3v) is 3.18. The second-order valence-corrected chi connectivity index (χ2v) is 4.94. The molecule has 1 aliphatic heterocycles. The second-order valence-electron chi connectivity index (χ2n) is 4.94. The van der Waals surface area contributed by atoms with Crippen LogP contribution in [0.4, 0.5) is 14.9 Å². The van der Waals surface area contributed by atoms with Crippen molar-refractivity contribution in [2.24, 2.45) is 0 Å². The largest absolute Gasteiger partial charge is 0.389 e. The molecule has 0 aliphatic carbocycles. The van der Waals surface area contributed by atoms with Crippen molar-refractivity contribution in [3.05, 3.63) is 30.1 Å². The van der Waals surface area contributed by atoms with Gasteiger partial charge in [0.05, 0.1) is 6.10 Å². The quantitative estimate of drug-likeness (QED) is 0.756. The number of likely N-dealkylation sites (tertiary alicyclic amines) is 1. The van der Waals surface area contributed by atoms with Crippen LogP contribution in [0.1, 0.15) is 12.8 Å². The van der Waals surface area contributed by atoms with E-state index in [0.29, 0.717) is 18.7 Å². The summed E-state index contributed by atoms with van der Waals surface area (Å²) in [7, 11) is 0. The smallest absolute Gasteiger partial charge is 0.319 e. The van der Waals surface area contributed by atoms with Gasteiger partial charge >= 0.3 is 6.03 Å². The molecule has 1 aliphatic rings. The maximum absolute atomic E-state index is 12.9. The fourth-order valence-electron chi connectivity index (χ4n) is 2.17. The number of anilines is 1. The van der Waals surface area contributed by atoms with Gasteiger partial charge in [-0.15, -0.1) is 0 Å². The van der Waals surface area contributed by atoms with Gasteiger partial charge in [0.25, 0.3) is 0 Å². The zero-order chi connectivity index (χ0) is 15.2. The number of hydrogen-bond acceptors (Lipinski definition) is 3. The number of carbonyl (C=O) groups excluding carboxylic acids is 2. The van der Waals surface area contributed by atoms with E-state index in [4.69, 9.17) is 0 Å². The number of hydrogen-bond donors (Lipinski definition) is 3. The normalized spacial score (nSPS) is 15.9. The predicted octanol–water partition coefficient (Wildman–Crippen LogP) is 0.930. The fraction of sp³-hybridized carbons (Fsp3) is 0.429. The average Bonchev–Trinajstić information content (AvgIpc) is 2.82. The van der Waals surface area contributed by atoms with E-state index in [1.54, 1.807) is 11.0 Å². The van der Waals surface area contributed by atoms with Crippen molar-refractivity contribution in [2.75, 3.05) is 25.0 Å². The minimum Gasteiger partial charge on any atom is -0.389 e. The number of nitrogens with zero attached hydrogens (tertiary/aromatic N) is 1. The number of aliphatic hydroxyl groups excluding tert-OH is 1. The van der Waals surface area contributed by atoms with Crippen LogP contribution in [0.3, 0.4) is 0 Å². The highest BCUT2D eigenvalue weighted by Gasteiger charge is 2.22. The Morgan fingerprint density at radius 2 is 2.29 bits per heavy atom. The molecule has 3 amide bonds. The summed E-state index contributed by atoms with van der Waals surface area (Å²) < 4.78 is 12.9. The molecule has 3 N–H and O–H groups in total. The molecule has 7 heteroatoms. The third kappa shape index (κ3) is 4.71. The molecular weight excluding hydrogens is 277 g/mol. The highest BCUT2D eigenvalue weighted by Crippen LogP contribution is 2.10. The summed E-state index contributed by atoms with van der Waals surface area (Å²) >= 11 is 0. The molecule has 1 atom stereocenters. The molecule has 21 heavy (non-hydrogen) atoms. The minimum atomic E-state index is -0.828. The average molecular weight is 295 g/mol. The minimum absolute atomic E-state index is 0.0188. The maximum atomic E-state index is 12.9. The van der Waals surface area contributed by atoms with Gasteiger partial charge in [0.15, 0.2) is 0 Å². The number of aliphatic hydroxyl groups is 1. The number of carbonyl (C=O) groups is 2. The predicted molar refractivity (Wildman–Crippen MR) is 75.2 cm³/mol. The molecule has 1 saturated heterocycles. The Morgan fingerprint density at radius 1 is 1.48 bits per heavy atom. The summed E-state index contributed by atoms with van der Waals surface area (Å²) in [6.07, 6.45) is 0.490. The molecule has 2 rings (SSSR count). The molecule has 0 aromatic heterocycles. The van der Waals surface area contributed by atoms with E-state index < -0.39 is 18.0 Å². The maximum Gasteiger partial charge on any atom is 0.319 e. The zero-order valence-corrected chi connectivity index (χ0v) is 11.5. The summed E-state index contributed by atoms with van der Waals surface area (Å²) in [5.41, 5.74) is 0.330. The van der Waals surface area contributed by atoms with Crippen LogP contribution in [-0.4, -0.2) is 47.7 Å². The first-order chi connectivity index (χ1) is 10.0. The van der Waals surface area contributed by atoms with Crippen molar-refractivity contribution in [1.82, 2.24) is 10.2 Å². The van der Waals surface area contributed by atoms with E-state index in [-0.39, 0.29) is 19.0 Å². The monoisotopic (exact) mass is 295 g/mol. The zero-order valence-electron chi connectivity index (χ0n) is 11.5. The van der Waals surface area contributed by atoms with Crippen LogP contribution in [-0.2, 0) is 4.79 Å². The van der Waals surface area contributed by atoms with Crippen LogP contribution in [0.15, 0.2) is 24.3 Å². The topological polar surface area (TPSA) is 81.7 Å². The highest BCUT2D eigenvalue weighted by atomic mass is 19.1. The number of halogens is 1. The van der Waals surface area contributed by atoms with Gasteiger partial charge in [-0.25, -0.2) is 9.18 Å². The van der Waals surface area contributed by atoms with Crippen molar-refractivity contribution in [2.45, 2.75) is 18.9 Å². The molecule has 0 bridgehead atoms. The Balaban J connectivity index is 1.72. The highest BCUT2D eigenvalue weighted by molar-refractivity contribution is 5.89. The van der Waals surface area contributed by atoms with E-state index in [9.17, 15) is 19.1 Å². The van der Waals surface area contributed by atoms with Crippen LogP contribution in [0.2, 0.25) is 0 Å². The molecule has 1 fully saturated rings. The van der Waals surface area contributed by atoms with E-state index >= 15 is 0 Å². The number of β-amino-alcohol motifs (C(OH)–C–C–N with tert-alkyl or cyclic N) is 1. The van der Waals surface area contributed by atoms with Crippen molar-refractivity contribution in [3.8, 4) is 0 Å². The van der Waals surface area contributed by atoms with E-state index in [2.05, 4.69) is 10.6 Å². The van der Waals surface area contributed by atoms with Gasteiger partial charge in [0.1, 0.15) is 5.82 Å². The third-order valence-electron chi connectivity index (χ3n) is 3.18. The van der Waals surface area contributed by atoms with Gasteiger partial charge in [0, 0.05) is 31.7 Å². The molecule has 1 aromatic carbocycles. The fourth-order valence-corrected chi connectivity index (χ4v) is 2.17. The summed E-state index contributed by atoms with van der Waals surface area (Å²) in [5, 5.41) is 14.7. The lowest BCUT2D eigenvalue weighted by Crippen LogP contribution is -2.41. The van der Waals surface area contributed by atoms with Crippen LogP contribution >= 0.6 is 0 Å². The molecule has 1 heterocycles. The Hall–Kier alpha value is -2.15. The lowest BCUT2D eigenvalue weighted by molar-refractivity contribution is -0.128. The Labute approximate surface area is 121 Å². The number of urea groups is 1. The lowest BCUT2D eigenvalue weighted by atomic mass is 10.3. The summed E-state index contributed by atoms with van der Waals surface area (Å²) in [6, 6.07) is 4.98. The van der Waals surface area contributed by atoms with Crippen molar-refractivity contribution in [3.63, 3.8) is 0 Å². The first-order valence-corrected chi connectivity index (χ1v) is 6.81. The molecule has 6 nitrogen and oxygen atoms in total. The molecule has 0 radical (unpaired) electrons. The summed E-state index contributed by atoms with van der Waals surface area (Å²) in [5.74, 6) is -0.418. The van der Waals surface area contributed by atoms with E-state index in [1.807, 2.05) is 0 Å². The van der Waals surface area contributed by atoms with E-state index in [1.165, 1.54) is 18.2 Å².